The Balaban J connectivity index is 1.54. The van der Waals surface area contributed by atoms with Crippen LogP contribution in [0.1, 0.15) is 18.7 Å². The number of aromatic nitrogens is 2. The van der Waals surface area contributed by atoms with Gasteiger partial charge in [-0.05, 0) is 12.8 Å². The lowest BCUT2D eigenvalue weighted by Gasteiger charge is -2.29. The Labute approximate surface area is 105 Å². The first-order valence-electron chi connectivity index (χ1n) is 6.33. The van der Waals surface area contributed by atoms with Crippen molar-refractivity contribution in [1.29, 1.82) is 0 Å². The van der Waals surface area contributed by atoms with Crippen LogP contribution in [0.3, 0.4) is 0 Å². The third-order valence-electron chi connectivity index (χ3n) is 3.67. The molecule has 3 rings (SSSR count). The topological polar surface area (TPSA) is 67.6 Å². The van der Waals surface area contributed by atoms with Crippen molar-refractivity contribution >= 4 is 5.97 Å². The Kier molecular flexibility index (Phi) is 3.05. The van der Waals surface area contributed by atoms with Gasteiger partial charge in [0.25, 0.3) is 0 Å². The molecule has 2 aliphatic heterocycles. The Hall–Kier alpha value is -1.40. The van der Waals surface area contributed by atoms with Crippen molar-refractivity contribution in [2.45, 2.75) is 38.1 Å². The maximum Gasteiger partial charge on any atom is 0.332 e. The summed E-state index contributed by atoms with van der Waals surface area (Å²) in [6.45, 7) is 3.55. The zero-order chi connectivity index (χ0) is 12.5. The molecule has 2 aliphatic rings. The Morgan fingerprint density at radius 2 is 2.39 bits per heavy atom. The minimum Gasteiger partial charge on any atom is -0.479 e. The van der Waals surface area contributed by atoms with Gasteiger partial charge in [-0.3, -0.25) is 4.90 Å². The predicted molar refractivity (Wildman–Crippen MR) is 63.0 cm³/mol. The number of hydrogen-bond donors (Lipinski definition) is 1. The van der Waals surface area contributed by atoms with Crippen molar-refractivity contribution in [3.8, 4) is 0 Å². The second kappa shape index (κ2) is 4.70. The van der Waals surface area contributed by atoms with Crippen LogP contribution in [-0.4, -0.2) is 50.8 Å². The lowest BCUT2D eigenvalue weighted by Crippen LogP contribution is -2.39. The smallest absolute Gasteiger partial charge is 0.332 e. The molecule has 2 atom stereocenters. The number of rotatable bonds is 3. The van der Waals surface area contributed by atoms with Gasteiger partial charge in [-0.1, -0.05) is 0 Å². The number of carboxylic acids is 1. The van der Waals surface area contributed by atoms with Crippen LogP contribution in [0.4, 0.5) is 0 Å². The molecule has 18 heavy (non-hydrogen) atoms. The Bertz CT molecular complexity index is 446. The molecule has 0 aliphatic carbocycles. The first-order chi connectivity index (χ1) is 8.72. The van der Waals surface area contributed by atoms with Gasteiger partial charge >= 0.3 is 5.97 Å². The third-order valence-corrected chi connectivity index (χ3v) is 3.67. The van der Waals surface area contributed by atoms with Gasteiger partial charge < -0.3 is 14.4 Å². The molecule has 6 nitrogen and oxygen atoms in total. The maximum atomic E-state index is 10.8. The van der Waals surface area contributed by atoms with E-state index in [2.05, 4.69) is 14.5 Å². The highest BCUT2D eigenvalue weighted by atomic mass is 16.5. The number of imidazole rings is 1. The maximum absolute atomic E-state index is 10.8. The third kappa shape index (κ3) is 2.26. The predicted octanol–water partition coefficient (Wildman–Crippen LogP) is 0.331. The highest BCUT2D eigenvalue weighted by Gasteiger charge is 2.32. The summed E-state index contributed by atoms with van der Waals surface area (Å²) in [5, 5.41) is 8.89. The van der Waals surface area contributed by atoms with E-state index in [1.807, 2.05) is 12.4 Å². The number of aliphatic carboxylic acids is 1. The second-order valence-electron chi connectivity index (χ2n) is 4.93. The molecule has 2 unspecified atom stereocenters. The van der Waals surface area contributed by atoms with Crippen LogP contribution in [0.15, 0.2) is 12.4 Å². The van der Waals surface area contributed by atoms with Crippen molar-refractivity contribution in [1.82, 2.24) is 14.5 Å². The lowest BCUT2D eigenvalue weighted by atomic mass is 10.2. The van der Waals surface area contributed by atoms with Crippen molar-refractivity contribution in [3.63, 3.8) is 0 Å². The quantitative estimate of drug-likeness (QED) is 0.838. The van der Waals surface area contributed by atoms with Gasteiger partial charge in [0, 0.05) is 32.0 Å². The number of carbonyl (C=O) groups is 1. The zero-order valence-electron chi connectivity index (χ0n) is 10.2. The molecule has 1 aromatic rings. The van der Waals surface area contributed by atoms with Crippen molar-refractivity contribution in [2.24, 2.45) is 0 Å². The van der Waals surface area contributed by atoms with Gasteiger partial charge in [-0.15, -0.1) is 0 Å². The Morgan fingerprint density at radius 1 is 1.50 bits per heavy atom. The summed E-state index contributed by atoms with van der Waals surface area (Å²) >= 11 is 0. The molecule has 0 spiro atoms. The molecule has 0 bridgehead atoms. The van der Waals surface area contributed by atoms with E-state index in [0.29, 0.717) is 6.42 Å². The minimum absolute atomic E-state index is 0.0487. The van der Waals surface area contributed by atoms with E-state index in [-0.39, 0.29) is 6.10 Å². The van der Waals surface area contributed by atoms with Crippen LogP contribution in [-0.2, 0) is 22.6 Å². The minimum atomic E-state index is -0.841. The number of carboxylic acid groups (broad SMARTS) is 1. The van der Waals surface area contributed by atoms with E-state index in [0.717, 1.165) is 38.4 Å². The van der Waals surface area contributed by atoms with E-state index >= 15 is 0 Å². The summed E-state index contributed by atoms with van der Waals surface area (Å²) in [6, 6.07) is 0. The molecule has 0 saturated carbocycles. The number of hydrogen-bond acceptors (Lipinski definition) is 4. The molecular formula is C12H17N3O3. The van der Waals surface area contributed by atoms with E-state index in [4.69, 9.17) is 9.84 Å². The fraction of sp³-hybridized carbons (Fsp3) is 0.667. The summed E-state index contributed by atoms with van der Waals surface area (Å²) in [6.07, 6.45) is 4.73. The van der Waals surface area contributed by atoms with E-state index in [1.54, 1.807) is 0 Å². The summed E-state index contributed by atoms with van der Waals surface area (Å²) in [4.78, 5) is 17.4. The first-order valence-corrected chi connectivity index (χ1v) is 6.33. The molecule has 1 fully saturated rings. The standard InChI is InChI=1S/C12H17N3O3/c16-12(17)10-2-1-9(18-10)7-14-5-6-15-4-3-13-11(15)8-14/h3-4,9-10H,1-2,5-8H2,(H,16,17). The summed E-state index contributed by atoms with van der Waals surface area (Å²) in [7, 11) is 0. The summed E-state index contributed by atoms with van der Waals surface area (Å²) in [5.74, 6) is 0.237. The highest BCUT2D eigenvalue weighted by molar-refractivity contribution is 5.72. The van der Waals surface area contributed by atoms with E-state index < -0.39 is 12.1 Å². The second-order valence-corrected chi connectivity index (χ2v) is 4.93. The molecule has 0 aromatic carbocycles. The van der Waals surface area contributed by atoms with Gasteiger partial charge in [-0.25, -0.2) is 9.78 Å². The molecule has 98 valence electrons. The van der Waals surface area contributed by atoms with Crippen molar-refractivity contribution < 1.29 is 14.6 Å². The van der Waals surface area contributed by atoms with Gasteiger partial charge in [-0.2, -0.15) is 0 Å². The van der Waals surface area contributed by atoms with Crippen LogP contribution in [0, 0.1) is 0 Å². The average Bonchev–Trinajstić information content (AvgIpc) is 2.96. The van der Waals surface area contributed by atoms with Crippen LogP contribution in [0.2, 0.25) is 0 Å². The Morgan fingerprint density at radius 3 is 3.17 bits per heavy atom. The number of ether oxygens (including phenoxy) is 1. The van der Waals surface area contributed by atoms with Gasteiger partial charge in [0.1, 0.15) is 5.82 Å². The first kappa shape index (κ1) is 11.7. The summed E-state index contributed by atoms with van der Waals surface area (Å²) < 4.78 is 7.69. The summed E-state index contributed by atoms with van der Waals surface area (Å²) in [5.41, 5.74) is 0. The molecule has 0 radical (unpaired) electrons. The SMILES string of the molecule is O=C(O)C1CCC(CN2CCn3ccnc3C2)O1. The lowest BCUT2D eigenvalue weighted by molar-refractivity contribution is -0.149. The van der Waals surface area contributed by atoms with E-state index in [9.17, 15) is 4.79 Å². The van der Waals surface area contributed by atoms with Crippen LogP contribution in [0.25, 0.3) is 0 Å². The molecule has 3 heterocycles. The molecular weight excluding hydrogens is 234 g/mol. The fourth-order valence-corrected chi connectivity index (χ4v) is 2.69. The van der Waals surface area contributed by atoms with Crippen molar-refractivity contribution in [2.75, 3.05) is 13.1 Å². The van der Waals surface area contributed by atoms with Gasteiger partial charge in [0.05, 0.1) is 12.6 Å². The van der Waals surface area contributed by atoms with Crippen LogP contribution in [0.5, 0.6) is 0 Å². The molecule has 6 heteroatoms. The molecule has 1 N–H and O–H groups in total. The zero-order valence-corrected chi connectivity index (χ0v) is 10.2. The van der Waals surface area contributed by atoms with Gasteiger partial charge in [0.2, 0.25) is 0 Å². The highest BCUT2D eigenvalue weighted by Crippen LogP contribution is 2.22. The fourth-order valence-electron chi connectivity index (χ4n) is 2.69. The van der Waals surface area contributed by atoms with Crippen LogP contribution < -0.4 is 0 Å². The number of fused-ring (bicyclic) bond motifs is 1. The van der Waals surface area contributed by atoms with Gasteiger partial charge in [0.15, 0.2) is 6.10 Å². The van der Waals surface area contributed by atoms with Crippen LogP contribution >= 0.6 is 0 Å². The molecule has 0 amide bonds. The normalized spacial score (nSPS) is 28.2. The van der Waals surface area contributed by atoms with E-state index in [1.165, 1.54) is 0 Å². The van der Waals surface area contributed by atoms with Crippen molar-refractivity contribution in [3.05, 3.63) is 18.2 Å². The number of nitrogens with zero attached hydrogens (tertiary/aromatic N) is 3. The average molecular weight is 251 g/mol. The monoisotopic (exact) mass is 251 g/mol. The molecule has 1 saturated heterocycles. The molecule has 1 aromatic heterocycles. The largest absolute Gasteiger partial charge is 0.479 e.